The van der Waals surface area contributed by atoms with E-state index in [1.54, 1.807) is 22.6 Å². The zero-order chi connectivity index (χ0) is 10.9. The van der Waals surface area contributed by atoms with Crippen molar-refractivity contribution in [2.75, 3.05) is 0 Å². The summed E-state index contributed by atoms with van der Waals surface area (Å²) < 4.78 is 13.9. The molecule has 76 valence electrons. The van der Waals surface area contributed by atoms with Gasteiger partial charge in [0, 0.05) is 4.47 Å². The van der Waals surface area contributed by atoms with Gasteiger partial charge in [0.05, 0.1) is 3.57 Å². The van der Waals surface area contributed by atoms with Gasteiger partial charge < -0.3 is 10.2 Å². The van der Waals surface area contributed by atoms with Crippen LogP contribution in [0.1, 0.15) is 11.7 Å². The first kappa shape index (κ1) is 11.9. The number of aliphatic hydroxyl groups is 1. The van der Waals surface area contributed by atoms with Crippen molar-refractivity contribution in [3.63, 3.8) is 0 Å². The molecule has 0 spiro atoms. The molecule has 0 aliphatic carbocycles. The molecule has 1 rings (SSSR count). The molecule has 6 heteroatoms. The number of carboxylic acids is 1. The third-order valence-electron chi connectivity index (χ3n) is 1.56. The number of benzene rings is 1. The molecule has 0 fully saturated rings. The Labute approximate surface area is 101 Å². The van der Waals surface area contributed by atoms with E-state index in [4.69, 9.17) is 10.2 Å². The fourth-order valence-electron chi connectivity index (χ4n) is 0.876. The topological polar surface area (TPSA) is 57.5 Å². The van der Waals surface area contributed by atoms with Crippen molar-refractivity contribution in [1.82, 2.24) is 0 Å². The number of hydrogen-bond acceptors (Lipinski definition) is 2. The first-order valence-electron chi connectivity index (χ1n) is 3.48. The van der Waals surface area contributed by atoms with Gasteiger partial charge in [0.1, 0.15) is 5.82 Å². The van der Waals surface area contributed by atoms with Crippen molar-refractivity contribution in [2.45, 2.75) is 6.10 Å². The van der Waals surface area contributed by atoms with E-state index >= 15 is 0 Å². The van der Waals surface area contributed by atoms with Crippen LogP contribution in [-0.4, -0.2) is 16.2 Å². The molecular weight excluding hydrogens is 370 g/mol. The molecule has 14 heavy (non-hydrogen) atoms. The van der Waals surface area contributed by atoms with E-state index in [0.29, 0.717) is 8.04 Å². The Morgan fingerprint density at radius 1 is 1.57 bits per heavy atom. The molecule has 0 aliphatic heterocycles. The summed E-state index contributed by atoms with van der Waals surface area (Å²) >= 11 is 4.84. The number of hydrogen-bond donors (Lipinski definition) is 2. The number of carboxylic acid groups (broad SMARTS) is 1. The minimum Gasteiger partial charge on any atom is -0.479 e. The maximum Gasteiger partial charge on any atom is 0.337 e. The van der Waals surface area contributed by atoms with Crippen LogP contribution >= 0.6 is 38.5 Å². The predicted molar refractivity (Wildman–Crippen MR) is 59.4 cm³/mol. The first-order valence-corrected chi connectivity index (χ1v) is 5.36. The minimum absolute atomic E-state index is 0.0160. The lowest BCUT2D eigenvalue weighted by Gasteiger charge is -2.07. The van der Waals surface area contributed by atoms with Gasteiger partial charge in [-0.3, -0.25) is 0 Å². The molecular formula is C8H5BrFIO3. The number of rotatable bonds is 2. The molecule has 1 atom stereocenters. The van der Waals surface area contributed by atoms with Crippen molar-refractivity contribution in [1.29, 1.82) is 0 Å². The molecule has 0 heterocycles. The van der Waals surface area contributed by atoms with Gasteiger partial charge >= 0.3 is 5.97 Å². The van der Waals surface area contributed by atoms with Crippen LogP contribution in [0.2, 0.25) is 0 Å². The van der Waals surface area contributed by atoms with Crippen LogP contribution in [0.15, 0.2) is 16.6 Å². The Kier molecular flexibility index (Phi) is 3.85. The second-order valence-electron chi connectivity index (χ2n) is 2.54. The highest BCUT2D eigenvalue weighted by Gasteiger charge is 2.18. The highest BCUT2D eigenvalue weighted by molar-refractivity contribution is 14.1. The Hall–Kier alpha value is -0.210. The van der Waals surface area contributed by atoms with Crippen LogP contribution in [-0.2, 0) is 4.79 Å². The highest BCUT2D eigenvalue weighted by Crippen LogP contribution is 2.26. The fourth-order valence-corrected chi connectivity index (χ4v) is 1.64. The smallest absolute Gasteiger partial charge is 0.337 e. The van der Waals surface area contributed by atoms with Gasteiger partial charge in [-0.25, -0.2) is 9.18 Å². The molecule has 1 unspecified atom stereocenters. The van der Waals surface area contributed by atoms with E-state index in [1.807, 2.05) is 0 Å². The molecule has 0 amide bonds. The third kappa shape index (κ3) is 2.43. The lowest BCUT2D eigenvalue weighted by Crippen LogP contribution is -2.11. The molecule has 0 aliphatic rings. The highest BCUT2D eigenvalue weighted by atomic mass is 127. The summed E-state index contributed by atoms with van der Waals surface area (Å²) in [5.41, 5.74) is 0.0160. The van der Waals surface area contributed by atoms with Crippen molar-refractivity contribution in [3.8, 4) is 0 Å². The molecule has 0 saturated carbocycles. The van der Waals surface area contributed by atoms with Gasteiger partial charge in [0.25, 0.3) is 0 Å². The molecule has 3 nitrogen and oxygen atoms in total. The van der Waals surface area contributed by atoms with E-state index in [-0.39, 0.29) is 5.56 Å². The molecule has 1 aromatic carbocycles. The molecule has 2 N–H and O–H groups in total. The first-order chi connectivity index (χ1) is 6.43. The Bertz CT molecular complexity index is 360. The van der Waals surface area contributed by atoms with Gasteiger partial charge in [-0.05, 0) is 56.2 Å². The monoisotopic (exact) mass is 374 g/mol. The molecule has 0 bridgehead atoms. The minimum atomic E-state index is -1.70. The average Bonchev–Trinajstić information content (AvgIpc) is 2.12. The molecule has 0 saturated heterocycles. The molecule has 0 radical (unpaired) electrons. The number of carbonyl (C=O) groups is 1. The lowest BCUT2D eigenvalue weighted by molar-refractivity contribution is -0.146. The second-order valence-corrected chi connectivity index (χ2v) is 4.47. The second kappa shape index (κ2) is 4.54. The van der Waals surface area contributed by atoms with Gasteiger partial charge in [-0.1, -0.05) is 0 Å². The van der Waals surface area contributed by atoms with Crippen molar-refractivity contribution >= 4 is 44.5 Å². The normalized spacial score (nSPS) is 12.6. The van der Waals surface area contributed by atoms with Crippen LogP contribution in [0, 0.1) is 9.39 Å². The maximum absolute atomic E-state index is 13.1. The Balaban J connectivity index is 3.19. The van der Waals surface area contributed by atoms with Crippen LogP contribution in [0.4, 0.5) is 4.39 Å². The van der Waals surface area contributed by atoms with Gasteiger partial charge in [0.2, 0.25) is 0 Å². The standard InChI is InChI=1S/C8H5BrFIO3/c9-4-1-3(7(12)8(13)14)2-5(10)6(4)11/h1-2,7,12H,(H,13,14). The van der Waals surface area contributed by atoms with Crippen molar-refractivity contribution in [2.24, 2.45) is 0 Å². The summed E-state index contributed by atoms with van der Waals surface area (Å²) in [6.45, 7) is 0. The number of aliphatic hydroxyl groups excluding tert-OH is 1. The van der Waals surface area contributed by atoms with Gasteiger partial charge in [-0.15, -0.1) is 0 Å². The van der Waals surface area contributed by atoms with Crippen molar-refractivity contribution in [3.05, 3.63) is 31.6 Å². The number of halogens is 3. The quantitative estimate of drug-likeness (QED) is 0.617. The van der Waals surface area contributed by atoms with E-state index in [0.717, 1.165) is 6.07 Å². The van der Waals surface area contributed by atoms with Gasteiger partial charge in [-0.2, -0.15) is 0 Å². The van der Waals surface area contributed by atoms with Gasteiger partial charge in [0.15, 0.2) is 6.10 Å². The van der Waals surface area contributed by atoms with Crippen LogP contribution in [0.3, 0.4) is 0 Å². The Morgan fingerprint density at radius 3 is 2.57 bits per heavy atom. The largest absolute Gasteiger partial charge is 0.479 e. The summed E-state index contributed by atoms with van der Waals surface area (Å²) in [5.74, 6) is -1.97. The predicted octanol–water partition coefficient (Wildman–Crippen LogP) is 2.31. The zero-order valence-corrected chi connectivity index (χ0v) is 10.4. The van der Waals surface area contributed by atoms with E-state index < -0.39 is 17.9 Å². The number of aliphatic carboxylic acids is 1. The summed E-state index contributed by atoms with van der Waals surface area (Å²) in [6.07, 6.45) is -1.70. The SMILES string of the molecule is O=C(O)C(O)c1cc(F)c(I)c(Br)c1. The summed E-state index contributed by atoms with van der Waals surface area (Å²) in [6, 6.07) is 2.38. The van der Waals surface area contributed by atoms with Crippen LogP contribution in [0.25, 0.3) is 0 Å². The fraction of sp³-hybridized carbons (Fsp3) is 0.125. The van der Waals surface area contributed by atoms with E-state index in [1.165, 1.54) is 6.07 Å². The lowest BCUT2D eigenvalue weighted by atomic mass is 10.1. The van der Waals surface area contributed by atoms with E-state index in [9.17, 15) is 9.18 Å². The molecule has 1 aromatic rings. The summed E-state index contributed by atoms with van der Waals surface area (Å²) in [4.78, 5) is 10.4. The molecule has 0 aromatic heterocycles. The van der Waals surface area contributed by atoms with Crippen LogP contribution in [0.5, 0.6) is 0 Å². The zero-order valence-electron chi connectivity index (χ0n) is 6.67. The summed E-state index contributed by atoms with van der Waals surface area (Å²) in [5, 5.41) is 17.6. The maximum atomic E-state index is 13.1. The van der Waals surface area contributed by atoms with E-state index in [2.05, 4.69) is 15.9 Å². The Morgan fingerprint density at radius 2 is 2.14 bits per heavy atom. The summed E-state index contributed by atoms with van der Waals surface area (Å²) in [7, 11) is 0. The third-order valence-corrected chi connectivity index (χ3v) is 4.02. The average molecular weight is 375 g/mol. The van der Waals surface area contributed by atoms with Crippen molar-refractivity contribution < 1.29 is 19.4 Å². The van der Waals surface area contributed by atoms with Crippen LogP contribution < -0.4 is 0 Å².